The molecule has 3 heterocycles. The van der Waals surface area contributed by atoms with E-state index >= 15 is 0 Å². The number of aryl methyl sites for hydroxylation is 1. The molecule has 0 radical (unpaired) electrons. The Morgan fingerprint density at radius 1 is 1.03 bits per heavy atom. The van der Waals surface area contributed by atoms with Crippen molar-refractivity contribution in [3.05, 3.63) is 70.7 Å². The molecule has 2 aliphatic heterocycles. The summed E-state index contributed by atoms with van der Waals surface area (Å²) in [6.45, 7) is 4.38. The molecule has 0 N–H and O–H groups in total. The molecule has 0 bridgehead atoms. The number of methoxy groups -OCH3 is 1. The number of fused-ring (bicyclic) bond motifs is 1. The van der Waals surface area contributed by atoms with Gasteiger partial charge in [-0.15, -0.1) is 0 Å². The van der Waals surface area contributed by atoms with Crippen molar-refractivity contribution < 1.29 is 18.7 Å². The molecule has 1 aromatic heterocycles. The van der Waals surface area contributed by atoms with Gasteiger partial charge in [-0.05, 0) is 62.1 Å². The standard InChI is InChI=1S/C27H29FN4O3/c1-18-16-19(10-11-22(18)28)35-25-21-17-32(26(33)20-8-4-5-9-24(20)34-2)15-12-23(21)29-27(30-25)31-13-6-3-7-14-31/h4-5,8-11,16H,3,6-7,12-15,17H2,1-2H3. The Kier molecular flexibility index (Phi) is 6.53. The number of rotatable bonds is 5. The molecule has 0 aliphatic carbocycles. The summed E-state index contributed by atoms with van der Waals surface area (Å²) in [5, 5.41) is 0. The van der Waals surface area contributed by atoms with Crippen molar-refractivity contribution in [1.29, 1.82) is 0 Å². The lowest BCUT2D eigenvalue weighted by atomic mass is 10.0. The van der Waals surface area contributed by atoms with E-state index in [9.17, 15) is 9.18 Å². The van der Waals surface area contributed by atoms with E-state index in [-0.39, 0.29) is 11.7 Å². The van der Waals surface area contributed by atoms with Crippen LogP contribution in [0.25, 0.3) is 0 Å². The highest BCUT2D eigenvalue weighted by atomic mass is 19.1. The van der Waals surface area contributed by atoms with Crippen molar-refractivity contribution in [2.45, 2.75) is 39.2 Å². The zero-order valence-electron chi connectivity index (χ0n) is 20.1. The van der Waals surface area contributed by atoms with Crippen molar-refractivity contribution in [2.24, 2.45) is 0 Å². The fourth-order valence-corrected chi connectivity index (χ4v) is 4.65. The number of aromatic nitrogens is 2. The molecule has 2 aromatic carbocycles. The van der Waals surface area contributed by atoms with Gasteiger partial charge in [0.2, 0.25) is 11.8 Å². The van der Waals surface area contributed by atoms with E-state index in [0.29, 0.717) is 54.0 Å². The minimum absolute atomic E-state index is 0.114. The first kappa shape index (κ1) is 23.1. The first-order valence-corrected chi connectivity index (χ1v) is 12.0. The Hall–Kier alpha value is -3.68. The maximum absolute atomic E-state index is 13.8. The summed E-state index contributed by atoms with van der Waals surface area (Å²) < 4.78 is 25.5. The van der Waals surface area contributed by atoms with E-state index in [1.54, 1.807) is 43.2 Å². The topological polar surface area (TPSA) is 67.8 Å². The number of anilines is 1. The van der Waals surface area contributed by atoms with Crippen molar-refractivity contribution in [1.82, 2.24) is 14.9 Å². The van der Waals surface area contributed by atoms with Crippen LogP contribution in [0.2, 0.25) is 0 Å². The third-order valence-corrected chi connectivity index (χ3v) is 6.62. The van der Waals surface area contributed by atoms with Gasteiger partial charge in [-0.1, -0.05) is 12.1 Å². The summed E-state index contributed by atoms with van der Waals surface area (Å²) in [6, 6.07) is 11.9. The number of para-hydroxylation sites is 1. The van der Waals surface area contributed by atoms with Crippen LogP contribution in [0.5, 0.6) is 17.4 Å². The highest BCUT2D eigenvalue weighted by Crippen LogP contribution is 2.33. The predicted octanol–water partition coefficient (Wildman–Crippen LogP) is 4.91. The number of hydrogen-bond acceptors (Lipinski definition) is 6. The van der Waals surface area contributed by atoms with Crippen LogP contribution < -0.4 is 14.4 Å². The van der Waals surface area contributed by atoms with Crippen LogP contribution in [0.15, 0.2) is 42.5 Å². The predicted molar refractivity (Wildman–Crippen MR) is 131 cm³/mol. The maximum Gasteiger partial charge on any atom is 0.257 e. The molecule has 0 spiro atoms. The molecule has 7 nitrogen and oxygen atoms in total. The Bertz CT molecular complexity index is 1240. The second kappa shape index (κ2) is 9.90. The number of nitrogens with zero attached hydrogens (tertiary/aromatic N) is 4. The molecule has 1 fully saturated rings. The Morgan fingerprint density at radius 3 is 2.60 bits per heavy atom. The second-order valence-corrected chi connectivity index (χ2v) is 8.99. The zero-order valence-corrected chi connectivity index (χ0v) is 20.1. The summed E-state index contributed by atoms with van der Waals surface area (Å²) in [5.41, 5.74) is 2.68. The molecule has 182 valence electrons. The minimum Gasteiger partial charge on any atom is -0.496 e. The monoisotopic (exact) mass is 476 g/mol. The number of hydrogen-bond donors (Lipinski definition) is 0. The third kappa shape index (κ3) is 4.78. The fraction of sp³-hybridized carbons (Fsp3) is 0.370. The number of benzene rings is 2. The number of halogens is 1. The highest BCUT2D eigenvalue weighted by Gasteiger charge is 2.29. The van der Waals surface area contributed by atoms with Crippen LogP contribution in [0.1, 0.15) is 46.4 Å². The molecule has 8 heteroatoms. The van der Waals surface area contributed by atoms with Crippen LogP contribution in [-0.4, -0.2) is 47.5 Å². The number of amides is 1. The molecule has 0 unspecified atom stereocenters. The molecule has 1 amide bonds. The summed E-state index contributed by atoms with van der Waals surface area (Å²) >= 11 is 0. The van der Waals surface area contributed by atoms with Crippen LogP contribution in [0.3, 0.4) is 0 Å². The molecule has 1 saturated heterocycles. The van der Waals surface area contributed by atoms with Gasteiger partial charge in [0.05, 0.1) is 30.5 Å². The number of piperidine rings is 1. The largest absolute Gasteiger partial charge is 0.496 e. The number of ether oxygens (including phenoxy) is 2. The van der Waals surface area contributed by atoms with E-state index in [1.807, 2.05) is 12.1 Å². The second-order valence-electron chi connectivity index (χ2n) is 8.99. The highest BCUT2D eigenvalue weighted by molar-refractivity contribution is 5.97. The molecule has 3 aromatic rings. The van der Waals surface area contributed by atoms with Gasteiger partial charge in [-0.2, -0.15) is 4.98 Å². The summed E-state index contributed by atoms with van der Waals surface area (Å²) in [4.78, 5) is 27.0. The van der Waals surface area contributed by atoms with Crippen molar-refractivity contribution in [3.8, 4) is 17.4 Å². The zero-order chi connectivity index (χ0) is 24.4. The average molecular weight is 477 g/mol. The van der Waals surface area contributed by atoms with Crippen LogP contribution in [0, 0.1) is 12.7 Å². The average Bonchev–Trinajstić information content (AvgIpc) is 2.90. The lowest BCUT2D eigenvalue weighted by molar-refractivity contribution is 0.0728. The Morgan fingerprint density at radius 2 is 1.83 bits per heavy atom. The smallest absolute Gasteiger partial charge is 0.257 e. The van der Waals surface area contributed by atoms with E-state index in [2.05, 4.69) is 4.90 Å². The third-order valence-electron chi connectivity index (χ3n) is 6.62. The Labute approximate surface area is 204 Å². The summed E-state index contributed by atoms with van der Waals surface area (Å²) in [7, 11) is 1.56. The first-order valence-electron chi connectivity index (χ1n) is 12.0. The molecular formula is C27H29FN4O3. The van der Waals surface area contributed by atoms with E-state index < -0.39 is 0 Å². The summed E-state index contributed by atoms with van der Waals surface area (Å²) in [6.07, 6.45) is 4.02. The lowest BCUT2D eigenvalue weighted by Crippen LogP contribution is -2.38. The molecule has 2 aliphatic rings. The number of carbonyl (C=O) groups excluding carboxylic acids is 1. The Balaban J connectivity index is 1.50. The van der Waals surface area contributed by atoms with Gasteiger partial charge in [0, 0.05) is 26.1 Å². The van der Waals surface area contributed by atoms with Crippen molar-refractivity contribution in [2.75, 3.05) is 31.6 Å². The van der Waals surface area contributed by atoms with E-state index in [0.717, 1.165) is 37.2 Å². The summed E-state index contributed by atoms with van der Waals surface area (Å²) in [5.74, 6) is 1.71. The first-order chi connectivity index (χ1) is 17.0. The van der Waals surface area contributed by atoms with E-state index in [4.69, 9.17) is 19.4 Å². The van der Waals surface area contributed by atoms with Gasteiger partial charge < -0.3 is 19.3 Å². The SMILES string of the molecule is COc1ccccc1C(=O)N1CCc2nc(N3CCCCC3)nc(Oc3ccc(F)c(C)c3)c2C1. The van der Waals surface area contributed by atoms with Crippen LogP contribution in [0.4, 0.5) is 10.3 Å². The molecular weight excluding hydrogens is 447 g/mol. The van der Waals surface area contributed by atoms with Gasteiger partial charge in [0.15, 0.2) is 0 Å². The van der Waals surface area contributed by atoms with Gasteiger partial charge >= 0.3 is 0 Å². The minimum atomic E-state index is -0.287. The normalized spacial score (nSPS) is 15.5. The van der Waals surface area contributed by atoms with Gasteiger partial charge in [-0.25, -0.2) is 9.37 Å². The van der Waals surface area contributed by atoms with Gasteiger partial charge in [0.1, 0.15) is 17.3 Å². The van der Waals surface area contributed by atoms with Crippen LogP contribution >= 0.6 is 0 Å². The van der Waals surface area contributed by atoms with Gasteiger partial charge in [0.25, 0.3) is 5.91 Å². The lowest BCUT2D eigenvalue weighted by Gasteiger charge is -2.32. The van der Waals surface area contributed by atoms with Crippen molar-refractivity contribution in [3.63, 3.8) is 0 Å². The van der Waals surface area contributed by atoms with Gasteiger partial charge in [-0.3, -0.25) is 4.79 Å². The number of carbonyl (C=O) groups is 1. The van der Waals surface area contributed by atoms with Crippen molar-refractivity contribution >= 4 is 11.9 Å². The molecule has 5 rings (SSSR count). The van der Waals surface area contributed by atoms with Crippen LogP contribution in [-0.2, 0) is 13.0 Å². The maximum atomic E-state index is 13.8. The molecule has 0 saturated carbocycles. The fourth-order valence-electron chi connectivity index (χ4n) is 4.65. The molecule has 0 atom stereocenters. The quantitative estimate of drug-likeness (QED) is 0.521. The molecule has 35 heavy (non-hydrogen) atoms. The van der Waals surface area contributed by atoms with E-state index in [1.165, 1.54) is 12.5 Å².